The van der Waals surface area contributed by atoms with E-state index in [1.165, 1.54) is 24.3 Å². The maximum absolute atomic E-state index is 13.9. The molecule has 4 rings (SSSR count). The van der Waals surface area contributed by atoms with Gasteiger partial charge in [0.05, 0.1) is 6.42 Å². The highest BCUT2D eigenvalue weighted by molar-refractivity contribution is 6.30. The highest BCUT2D eigenvalue weighted by Crippen LogP contribution is 2.44. The van der Waals surface area contributed by atoms with Crippen molar-refractivity contribution in [3.8, 4) is 11.5 Å². The van der Waals surface area contributed by atoms with Crippen LogP contribution in [-0.2, 0) is 4.79 Å². The predicted molar refractivity (Wildman–Crippen MR) is 117 cm³/mol. The summed E-state index contributed by atoms with van der Waals surface area (Å²) < 4.78 is 33.3. The summed E-state index contributed by atoms with van der Waals surface area (Å²) in [4.78, 5) is 11.3. The van der Waals surface area contributed by atoms with Crippen LogP contribution in [-0.4, -0.2) is 11.1 Å². The van der Waals surface area contributed by atoms with Crippen LogP contribution in [0.4, 0.5) is 8.78 Å². The number of allylic oxidation sites excluding steroid dienone is 2. The van der Waals surface area contributed by atoms with Gasteiger partial charge in [-0.05, 0) is 88.9 Å². The zero-order valence-electron chi connectivity index (χ0n) is 16.5. The van der Waals surface area contributed by atoms with Crippen LogP contribution >= 0.6 is 11.6 Å². The van der Waals surface area contributed by atoms with E-state index in [2.05, 4.69) is 0 Å². The Labute approximate surface area is 182 Å². The molecule has 3 aromatic carbocycles. The molecule has 3 aromatic rings. The smallest absolute Gasteiger partial charge is 0.307 e. The van der Waals surface area contributed by atoms with Gasteiger partial charge in [0.2, 0.25) is 0 Å². The second-order valence-electron chi connectivity index (χ2n) is 7.17. The van der Waals surface area contributed by atoms with E-state index in [0.717, 1.165) is 22.3 Å². The van der Waals surface area contributed by atoms with Gasteiger partial charge < -0.3 is 9.84 Å². The predicted octanol–water partition coefficient (Wildman–Crippen LogP) is 7.21. The molecule has 156 valence electrons. The summed E-state index contributed by atoms with van der Waals surface area (Å²) in [6.07, 6.45) is 1.73. The molecule has 31 heavy (non-hydrogen) atoms. The second kappa shape index (κ2) is 8.36. The second-order valence-corrected chi connectivity index (χ2v) is 7.60. The third kappa shape index (κ3) is 4.37. The van der Waals surface area contributed by atoms with Crippen molar-refractivity contribution in [3.05, 3.63) is 99.6 Å². The number of aliphatic carboxylic acids is 1. The molecular formula is C25H17ClF2O3. The van der Waals surface area contributed by atoms with Crippen molar-refractivity contribution >= 4 is 34.8 Å². The van der Waals surface area contributed by atoms with Crippen LogP contribution in [0.3, 0.4) is 0 Å². The van der Waals surface area contributed by atoms with Crippen LogP contribution in [0, 0.1) is 11.6 Å². The Kier molecular flexibility index (Phi) is 5.61. The summed E-state index contributed by atoms with van der Waals surface area (Å²) in [6.45, 7) is 1.84. The van der Waals surface area contributed by atoms with E-state index in [1.54, 1.807) is 24.3 Å². The van der Waals surface area contributed by atoms with Crippen LogP contribution < -0.4 is 4.74 Å². The van der Waals surface area contributed by atoms with E-state index in [9.17, 15) is 18.7 Å². The molecule has 1 aliphatic rings. The average molecular weight is 439 g/mol. The van der Waals surface area contributed by atoms with Crippen LogP contribution in [0.1, 0.15) is 30.0 Å². The van der Waals surface area contributed by atoms with Crippen molar-refractivity contribution in [2.45, 2.75) is 13.3 Å². The minimum Gasteiger partial charge on any atom is -0.481 e. The lowest BCUT2D eigenvalue weighted by Crippen LogP contribution is -1.97. The number of rotatable bonds is 5. The molecule has 0 aliphatic heterocycles. The molecule has 0 saturated carbocycles. The number of carbonyl (C=O) groups is 1. The number of hydrogen-bond acceptors (Lipinski definition) is 2. The molecule has 0 unspecified atom stereocenters. The molecule has 0 saturated heterocycles. The van der Waals surface area contributed by atoms with E-state index < -0.39 is 17.6 Å². The number of carboxylic acids is 1. The average Bonchev–Trinajstić information content (AvgIpc) is 2.96. The standard InChI is InChI=1S/C25H17ClF2O3/c1-14-20(19-8-5-17(27)12-22(19)21(14)13-25(29)30)10-15-2-6-18(7-3-15)31-24-9-4-16(26)11-23(24)28/h2-12H,13H2,1H3,(H,29,30)/b20-10-. The topological polar surface area (TPSA) is 46.5 Å². The molecule has 0 aromatic heterocycles. The minimum atomic E-state index is -0.971. The molecule has 0 heterocycles. The summed E-state index contributed by atoms with van der Waals surface area (Å²) in [5, 5.41) is 9.54. The lowest BCUT2D eigenvalue weighted by Gasteiger charge is -2.08. The fourth-order valence-corrected chi connectivity index (χ4v) is 3.78. The van der Waals surface area contributed by atoms with Crippen molar-refractivity contribution in [1.82, 2.24) is 0 Å². The molecule has 1 aliphatic carbocycles. The quantitative estimate of drug-likeness (QED) is 0.457. The van der Waals surface area contributed by atoms with Gasteiger partial charge in [-0.15, -0.1) is 0 Å². The van der Waals surface area contributed by atoms with E-state index in [-0.39, 0.29) is 17.2 Å². The molecule has 6 heteroatoms. The van der Waals surface area contributed by atoms with E-state index >= 15 is 0 Å². The lowest BCUT2D eigenvalue weighted by atomic mass is 10.0. The summed E-state index contributed by atoms with van der Waals surface area (Å²) in [7, 11) is 0. The lowest BCUT2D eigenvalue weighted by molar-refractivity contribution is -0.135. The van der Waals surface area contributed by atoms with Crippen LogP contribution in [0.5, 0.6) is 11.5 Å². The molecule has 0 atom stereocenters. The van der Waals surface area contributed by atoms with Gasteiger partial charge in [0, 0.05) is 5.02 Å². The van der Waals surface area contributed by atoms with E-state index in [0.29, 0.717) is 16.9 Å². The highest BCUT2D eigenvalue weighted by Gasteiger charge is 2.25. The van der Waals surface area contributed by atoms with Gasteiger partial charge in [-0.1, -0.05) is 29.8 Å². The fourth-order valence-electron chi connectivity index (χ4n) is 3.62. The fraction of sp³-hybridized carbons (Fsp3) is 0.0800. The normalized spacial score (nSPS) is 14.1. The Morgan fingerprint density at radius 1 is 1.03 bits per heavy atom. The van der Waals surface area contributed by atoms with Crippen LogP contribution in [0.25, 0.3) is 17.2 Å². The number of carboxylic acid groups (broad SMARTS) is 1. The summed E-state index contributed by atoms with van der Waals surface area (Å²) in [6, 6.07) is 15.6. The number of benzene rings is 3. The molecule has 0 amide bonds. The Bertz CT molecular complexity index is 1240. The third-order valence-electron chi connectivity index (χ3n) is 5.09. The molecule has 0 bridgehead atoms. The molecule has 1 N–H and O–H groups in total. The van der Waals surface area contributed by atoms with Crippen molar-refractivity contribution in [2.75, 3.05) is 0 Å². The summed E-state index contributed by atoms with van der Waals surface area (Å²) >= 11 is 5.76. The Hall–Kier alpha value is -3.44. The van der Waals surface area contributed by atoms with Crippen LogP contribution in [0.2, 0.25) is 5.02 Å². The molecule has 0 radical (unpaired) electrons. The largest absolute Gasteiger partial charge is 0.481 e. The van der Waals surface area contributed by atoms with Crippen LogP contribution in [0.15, 0.2) is 66.2 Å². The maximum Gasteiger partial charge on any atom is 0.307 e. The summed E-state index contributed by atoms with van der Waals surface area (Å²) in [5.74, 6) is -1.41. The van der Waals surface area contributed by atoms with Crippen molar-refractivity contribution in [1.29, 1.82) is 0 Å². The maximum atomic E-state index is 13.9. The molecule has 0 spiro atoms. The Balaban J connectivity index is 1.65. The molecule has 0 fully saturated rings. The number of halogens is 3. The van der Waals surface area contributed by atoms with Gasteiger partial charge in [0.1, 0.15) is 11.6 Å². The summed E-state index contributed by atoms with van der Waals surface area (Å²) in [5.41, 5.74) is 4.47. The zero-order valence-corrected chi connectivity index (χ0v) is 17.2. The first-order chi connectivity index (χ1) is 14.8. The van der Waals surface area contributed by atoms with E-state index in [1.807, 2.05) is 25.1 Å². The Morgan fingerprint density at radius 2 is 1.77 bits per heavy atom. The third-order valence-corrected chi connectivity index (χ3v) is 5.33. The molecular weight excluding hydrogens is 422 g/mol. The zero-order chi connectivity index (χ0) is 22.1. The first-order valence-corrected chi connectivity index (χ1v) is 9.86. The number of fused-ring (bicyclic) bond motifs is 1. The highest BCUT2D eigenvalue weighted by atomic mass is 35.5. The van der Waals surface area contributed by atoms with Gasteiger partial charge in [0.25, 0.3) is 0 Å². The first kappa shape index (κ1) is 20.8. The van der Waals surface area contributed by atoms with Crippen molar-refractivity contribution < 1.29 is 23.4 Å². The molecule has 3 nitrogen and oxygen atoms in total. The first-order valence-electron chi connectivity index (χ1n) is 9.48. The Morgan fingerprint density at radius 3 is 2.45 bits per heavy atom. The number of ether oxygens (including phenoxy) is 1. The van der Waals surface area contributed by atoms with Gasteiger partial charge in [-0.3, -0.25) is 4.79 Å². The van der Waals surface area contributed by atoms with Gasteiger partial charge in [-0.25, -0.2) is 8.78 Å². The number of hydrogen-bond donors (Lipinski definition) is 1. The van der Waals surface area contributed by atoms with Gasteiger partial charge in [0.15, 0.2) is 11.6 Å². The monoisotopic (exact) mass is 438 g/mol. The van der Waals surface area contributed by atoms with Gasteiger partial charge in [-0.2, -0.15) is 0 Å². The van der Waals surface area contributed by atoms with Crippen molar-refractivity contribution in [3.63, 3.8) is 0 Å². The minimum absolute atomic E-state index is 0.0688. The van der Waals surface area contributed by atoms with Gasteiger partial charge >= 0.3 is 5.97 Å². The van der Waals surface area contributed by atoms with Crippen molar-refractivity contribution in [2.24, 2.45) is 0 Å². The van der Waals surface area contributed by atoms with E-state index in [4.69, 9.17) is 16.3 Å². The SMILES string of the molecule is CC1=C(CC(=O)O)c2cc(F)ccc2/C1=C\c1ccc(Oc2ccc(Cl)cc2F)cc1.